The molecule has 1 saturated heterocycles. The summed E-state index contributed by atoms with van der Waals surface area (Å²) in [5.74, 6) is -2.47. The van der Waals surface area contributed by atoms with Gasteiger partial charge in [-0.15, -0.1) is 0 Å². The minimum Gasteiger partial charge on any atom is -0.445 e. The molecule has 2 fully saturated rings. The third-order valence-corrected chi connectivity index (χ3v) is 9.79. The van der Waals surface area contributed by atoms with E-state index in [1.54, 1.807) is 24.3 Å². The molecule has 12 nitrogen and oxygen atoms in total. The maximum atomic E-state index is 13.8. The molecule has 3 amide bonds. The van der Waals surface area contributed by atoms with Crippen LogP contribution in [-0.4, -0.2) is 60.9 Å². The van der Waals surface area contributed by atoms with Crippen LogP contribution in [0.5, 0.6) is 0 Å². The second-order valence-corrected chi connectivity index (χ2v) is 14.2. The van der Waals surface area contributed by atoms with Gasteiger partial charge in [0.1, 0.15) is 12.6 Å². The van der Waals surface area contributed by atoms with E-state index in [-0.39, 0.29) is 37.7 Å². The van der Waals surface area contributed by atoms with E-state index >= 15 is 0 Å². The smallest absolute Gasteiger partial charge is 0.408 e. The van der Waals surface area contributed by atoms with E-state index in [1.165, 1.54) is 0 Å². The van der Waals surface area contributed by atoms with Crippen molar-refractivity contribution in [2.45, 2.75) is 121 Å². The lowest BCUT2D eigenvalue weighted by Crippen LogP contribution is -2.56. The highest BCUT2D eigenvalue weighted by Gasteiger charge is 2.41. The Hall–Kier alpha value is -2.90. The number of carbonyl (C=O) groups excluding carboxylic acids is 4. The van der Waals surface area contributed by atoms with Gasteiger partial charge in [0.15, 0.2) is 0 Å². The van der Waals surface area contributed by atoms with E-state index < -0.39 is 51.5 Å². The molecule has 1 unspecified atom stereocenters. The van der Waals surface area contributed by atoms with Gasteiger partial charge in [-0.25, -0.2) is 4.79 Å². The Morgan fingerprint density at radius 1 is 1.04 bits per heavy atom. The molecule has 4 atom stereocenters. The largest absolute Gasteiger partial charge is 0.445 e. The standard InChI is InChI=1S/C32H48ClN3O9S/c1-2-3-4-5-9-15-28(37)45-31(46(41,42)43)27(20-24-16-17-34-29(24)38)35-30(39)26(19-22-11-7-6-8-12-22)36-32(40)44-21-23-13-10-14-25(33)18-23/h10,13-14,18,22,24,26-27,31H,2-9,11-12,15-17,19-21H2,1H3,(H,34,38)(H,35,39)(H,36,40)(H,41,42,43)/t24-,26-,27-,31?/m0/s1. The van der Waals surface area contributed by atoms with Crippen molar-refractivity contribution in [2.75, 3.05) is 6.54 Å². The number of alkyl carbamates (subject to hydrolysis) is 1. The molecule has 0 aromatic heterocycles. The number of carbonyl (C=O) groups is 4. The summed E-state index contributed by atoms with van der Waals surface area (Å²) in [6, 6.07) is 4.20. The minimum absolute atomic E-state index is 0.0648. The van der Waals surface area contributed by atoms with Gasteiger partial charge in [0.05, 0.1) is 6.04 Å². The molecule has 0 bridgehead atoms. The Labute approximate surface area is 276 Å². The van der Waals surface area contributed by atoms with E-state index in [9.17, 15) is 32.1 Å². The van der Waals surface area contributed by atoms with Gasteiger partial charge < -0.3 is 25.4 Å². The van der Waals surface area contributed by atoms with Gasteiger partial charge in [-0.2, -0.15) is 8.42 Å². The highest BCUT2D eigenvalue weighted by Crippen LogP contribution is 2.28. The first-order valence-electron chi connectivity index (χ1n) is 16.4. The number of amides is 3. The van der Waals surface area contributed by atoms with Crippen molar-refractivity contribution in [1.29, 1.82) is 0 Å². The second-order valence-electron chi connectivity index (χ2n) is 12.3. The van der Waals surface area contributed by atoms with E-state index in [1.807, 2.05) is 0 Å². The fourth-order valence-electron chi connectivity index (χ4n) is 6.06. The summed E-state index contributed by atoms with van der Waals surface area (Å²) in [4.78, 5) is 51.8. The maximum Gasteiger partial charge on any atom is 0.408 e. The van der Waals surface area contributed by atoms with Crippen molar-refractivity contribution in [3.63, 3.8) is 0 Å². The number of unbranched alkanes of at least 4 members (excludes halogenated alkanes) is 4. The van der Waals surface area contributed by atoms with Gasteiger partial charge in [-0.3, -0.25) is 18.9 Å². The Kier molecular flexibility index (Phi) is 15.6. The normalized spacial score (nSPS) is 19.0. The molecule has 2 aliphatic rings. The lowest BCUT2D eigenvalue weighted by Gasteiger charge is -2.30. The fourth-order valence-corrected chi connectivity index (χ4v) is 7.09. The number of nitrogens with one attached hydrogen (secondary N) is 3. The zero-order valence-corrected chi connectivity index (χ0v) is 28.1. The first kappa shape index (κ1) is 37.6. The van der Waals surface area contributed by atoms with Crippen LogP contribution < -0.4 is 16.0 Å². The summed E-state index contributed by atoms with van der Waals surface area (Å²) >= 11 is 6.02. The van der Waals surface area contributed by atoms with Crippen molar-refractivity contribution in [3.8, 4) is 0 Å². The molecule has 1 aromatic carbocycles. The van der Waals surface area contributed by atoms with Crippen LogP contribution in [0.25, 0.3) is 0 Å². The van der Waals surface area contributed by atoms with Crippen LogP contribution in [-0.2, 0) is 40.6 Å². The number of rotatable bonds is 18. The molecular formula is C32H48ClN3O9S. The summed E-state index contributed by atoms with van der Waals surface area (Å²) < 4.78 is 46.0. The number of esters is 1. The predicted molar refractivity (Wildman–Crippen MR) is 172 cm³/mol. The average molecular weight is 686 g/mol. The summed E-state index contributed by atoms with van der Waals surface area (Å²) in [6.45, 7) is 2.33. The van der Waals surface area contributed by atoms with Crippen LogP contribution in [0, 0.1) is 11.8 Å². The Bertz CT molecular complexity index is 1270. The zero-order valence-electron chi connectivity index (χ0n) is 26.5. The molecule has 1 heterocycles. The molecule has 14 heteroatoms. The number of halogens is 1. The number of ether oxygens (including phenoxy) is 2. The van der Waals surface area contributed by atoms with Gasteiger partial charge in [-0.1, -0.05) is 88.4 Å². The van der Waals surface area contributed by atoms with Crippen LogP contribution in [0.15, 0.2) is 24.3 Å². The quantitative estimate of drug-likeness (QED) is 0.0937. The van der Waals surface area contributed by atoms with E-state index in [2.05, 4.69) is 22.9 Å². The van der Waals surface area contributed by atoms with E-state index in [0.29, 0.717) is 30.0 Å². The Balaban J connectivity index is 1.78. The highest BCUT2D eigenvalue weighted by molar-refractivity contribution is 7.86. The molecule has 4 N–H and O–H groups in total. The van der Waals surface area contributed by atoms with Gasteiger partial charge in [0.2, 0.25) is 17.3 Å². The molecule has 1 saturated carbocycles. The van der Waals surface area contributed by atoms with Crippen molar-refractivity contribution in [3.05, 3.63) is 34.9 Å². The summed E-state index contributed by atoms with van der Waals surface area (Å²) in [6.07, 6.45) is 8.43. The highest BCUT2D eigenvalue weighted by atomic mass is 35.5. The van der Waals surface area contributed by atoms with Gasteiger partial charge in [0.25, 0.3) is 0 Å². The Morgan fingerprint density at radius 3 is 2.43 bits per heavy atom. The van der Waals surface area contributed by atoms with Gasteiger partial charge in [0, 0.05) is 23.9 Å². The molecule has 258 valence electrons. The van der Waals surface area contributed by atoms with Crippen LogP contribution in [0.4, 0.5) is 4.79 Å². The summed E-state index contributed by atoms with van der Waals surface area (Å²) in [7, 11) is -5.03. The zero-order chi connectivity index (χ0) is 33.5. The molecule has 1 aliphatic heterocycles. The molecule has 3 rings (SSSR count). The topological polar surface area (TPSA) is 177 Å². The van der Waals surface area contributed by atoms with E-state index in [0.717, 1.165) is 57.8 Å². The van der Waals surface area contributed by atoms with E-state index in [4.69, 9.17) is 21.1 Å². The molecule has 1 aromatic rings. The van der Waals surface area contributed by atoms with Crippen molar-refractivity contribution in [2.24, 2.45) is 11.8 Å². The third-order valence-electron chi connectivity index (χ3n) is 8.54. The minimum atomic E-state index is -5.03. The van der Waals surface area contributed by atoms with Crippen molar-refractivity contribution in [1.82, 2.24) is 16.0 Å². The van der Waals surface area contributed by atoms with Crippen molar-refractivity contribution < 1.29 is 41.6 Å². The number of hydrogen-bond acceptors (Lipinski definition) is 8. The SMILES string of the molecule is CCCCCCCC(=O)OC([C@H](C[C@@H]1CCNC1=O)NC(=O)[C@H](CC1CCCCC1)NC(=O)OCc1cccc(Cl)c1)S(=O)(=O)O. The fraction of sp³-hybridized carbons (Fsp3) is 0.688. The first-order chi connectivity index (χ1) is 22.0. The molecule has 0 radical (unpaired) electrons. The Morgan fingerprint density at radius 2 is 1.78 bits per heavy atom. The van der Waals surface area contributed by atoms with Crippen LogP contribution in [0.3, 0.4) is 0 Å². The lowest BCUT2D eigenvalue weighted by atomic mass is 9.84. The van der Waals surface area contributed by atoms with Crippen LogP contribution >= 0.6 is 11.6 Å². The maximum absolute atomic E-state index is 13.8. The van der Waals surface area contributed by atoms with Crippen LogP contribution in [0.1, 0.15) is 102 Å². The molecular weight excluding hydrogens is 638 g/mol. The molecule has 46 heavy (non-hydrogen) atoms. The molecule has 1 aliphatic carbocycles. The molecule has 0 spiro atoms. The average Bonchev–Trinajstić information content (AvgIpc) is 3.41. The van der Waals surface area contributed by atoms with Crippen LogP contribution in [0.2, 0.25) is 5.02 Å². The first-order valence-corrected chi connectivity index (χ1v) is 18.3. The third kappa shape index (κ3) is 13.1. The second kappa shape index (κ2) is 19.0. The predicted octanol–water partition coefficient (Wildman–Crippen LogP) is 5.03. The van der Waals surface area contributed by atoms with Crippen molar-refractivity contribution >= 4 is 45.6 Å². The monoisotopic (exact) mass is 685 g/mol. The summed E-state index contributed by atoms with van der Waals surface area (Å²) in [5.41, 5.74) is -1.49. The number of benzene rings is 1. The lowest BCUT2D eigenvalue weighted by molar-refractivity contribution is -0.148. The van der Waals surface area contributed by atoms with Gasteiger partial charge in [-0.05, 0) is 49.3 Å². The van der Waals surface area contributed by atoms with Gasteiger partial charge >= 0.3 is 22.2 Å². The number of hydrogen-bond donors (Lipinski definition) is 4. The summed E-state index contributed by atoms with van der Waals surface area (Å²) in [5, 5.41) is 8.38.